The van der Waals surface area contributed by atoms with Gasteiger partial charge in [-0.1, -0.05) is 30.3 Å². The van der Waals surface area contributed by atoms with E-state index in [1.807, 2.05) is 41.0 Å². The van der Waals surface area contributed by atoms with Gasteiger partial charge in [0, 0.05) is 23.1 Å². The van der Waals surface area contributed by atoms with Gasteiger partial charge in [0.2, 0.25) is 0 Å². The van der Waals surface area contributed by atoms with Crippen LogP contribution in [0.25, 0.3) is 17.0 Å². The zero-order chi connectivity index (χ0) is 30.8. The average Bonchev–Trinajstić information content (AvgIpc) is 3.46. The second-order valence-electron chi connectivity index (χ2n) is 9.51. The van der Waals surface area contributed by atoms with Crippen molar-refractivity contribution in [2.75, 3.05) is 6.61 Å². The van der Waals surface area contributed by atoms with E-state index in [0.29, 0.717) is 30.2 Å². The molecule has 0 radical (unpaired) electrons. The van der Waals surface area contributed by atoms with E-state index in [4.69, 9.17) is 9.47 Å². The largest absolute Gasteiger partial charge is 0.493 e. The Hall–Kier alpha value is -4.39. The van der Waals surface area contributed by atoms with Crippen LogP contribution in [0.1, 0.15) is 28.8 Å². The molecule has 1 N–H and O–H groups in total. The summed E-state index contributed by atoms with van der Waals surface area (Å²) in [6.45, 7) is 0.379. The van der Waals surface area contributed by atoms with E-state index in [0.717, 1.165) is 28.2 Å². The van der Waals surface area contributed by atoms with Crippen molar-refractivity contribution in [3.05, 3.63) is 100 Å². The van der Waals surface area contributed by atoms with Gasteiger partial charge < -0.3 is 14.0 Å². The molecule has 5 rings (SSSR count). The highest BCUT2D eigenvalue weighted by atomic mass is 32.2. The van der Waals surface area contributed by atoms with E-state index in [-0.39, 0.29) is 30.5 Å². The number of nitrogens with zero attached hydrogens (tertiary/aromatic N) is 1. The fourth-order valence-corrected chi connectivity index (χ4v) is 5.11. The van der Waals surface area contributed by atoms with Crippen LogP contribution >= 0.6 is 11.8 Å². The summed E-state index contributed by atoms with van der Waals surface area (Å²) < 4.78 is 92.2. The molecule has 3 aromatic carbocycles. The van der Waals surface area contributed by atoms with Gasteiger partial charge in [-0.3, -0.25) is 14.9 Å². The van der Waals surface area contributed by atoms with Crippen molar-refractivity contribution in [2.45, 2.75) is 31.9 Å². The molecule has 2 heterocycles. The quantitative estimate of drug-likeness (QED) is 0.117. The molecule has 1 aliphatic heterocycles. The van der Waals surface area contributed by atoms with E-state index in [9.17, 15) is 35.9 Å². The minimum absolute atomic E-state index is 0.0400. The first-order valence-corrected chi connectivity index (χ1v) is 13.7. The molecule has 2 amide bonds. The zero-order valence-electron chi connectivity index (χ0n) is 22.1. The Balaban J connectivity index is 1.36. The van der Waals surface area contributed by atoms with E-state index < -0.39 is 40.4 Å². The molecular weight excluding hydrogens is 598 g/mol. The van der Waals surface area contributed by atoms with Crippen molar-refractivity contribution in [3.63, 3.8) is 0 Å². The number of aryl methyl sites for hydroxylation is 1. The van der Waals surface area contributed by atoms with Gasteiger partial charge in [-0.25, -0.2) is 0 Å². The second-order valence-corrected chi connectivity index (χ2v) is 10.5. The van der Waals surface area contributed by atoms with Gasteiger partial charge >= 0.3 is 12.4 Å². The highest BCUT2D eigenvalue weighted by molar-refractivity contribution is 8.18. The number of aromatic nitrogens is 1. The number of halogens is 6. The normalized spacial score (nSPS) is 14.9. The maximum atomic E-state index is 13.2. The number of alkyl halides is 6. The predicted molar refractivity (Wildman–Crippen MR) is 148 cm³/mol. The summed E-state index contributed by atoms with van der Waals surface area (Å²) in [5, 5.41) is 2.43. The molecule has 1 aromatic heterocycles. The standard InChI is InChI=1S/C30H22F6N2O4S/c31-29(32,33)20-13-21(30(34,35)36)15-24(14-20)41-10-4-9-38-22(16-26-27(39)37-28(40)43-26)11-19-12-23(7-8-25(19)38)42-17-18-5-2-1-3-6-18/h1-3,5-8,11-16H,4,9-10,17H2,(H,37,39,40). The second kappa shape index (κ2) is 12.1. The van der Waals surface area contributed by atoms with Crippen LogP contribution in [0.4, 0.5) is 31.1 Å². The van der Waals surface area contributed by atoms with E-state index in [1.165, 1.54) is 0 Å². The first-order chi connectivity index (χ1) is 20.4. The molecule has 4 aromatic rings. The maximum Gasteiger partial charge on any atom is 0.416 e. The molecule has 1 saturated heterocycles. The molecule has 1 aliphatic rings. The van der Waals surface area contributed by atoms with Crippen LogP contribution < -0.4 is 14.8 Å². The summed E-state index contributed by atoms with van der Waals surface area (Å²) >= 11 is 0.743. The summed E-state index contributed by atoms with van der Waals surface area (Å²) in [5.74, 6) is -0.518. The van der Waals surface area contributed by atoms with Crippen molar-refractivity contribution >= 4 is 39.9 Å². The van der Waals surface area contributed by atoms with Crippen molar-refractivity contribution < 1.29 is 45.4 Å². The molecule has 43 heavy (non-hydrogen) atoms. The summed E-state index contributed by atoms with van der Waals surface area (Å²) in [6.07, 6.45) is -8.23. The number of nitrogens with one attached hydrogen (secondary N) is 1. The molecule has 0 aliphatic carbocycles. The lowest BCUT2D eigenvalue weighted by atomic mass is 10.1. The smallest absolute Gasteiger partial charge is 0.416 e. The van der Waals surface area contributed by atoms with Crippen LogP contribution in [-0.2, 0) is 30.3 Å². The average molecular weight is 621 g/mol. The Kier molecular flexibility index (Phi) is 8.45. The SMILES string of the molecule is O=C1NC(=O)C(=Cc2cc3cc(OCc4ccccc4)ccc3n2CCCOc2cc(C(F)(F)F)cc(C(F)(F)F)c2)S1. The number of carbonyl (C=O) groups excluding carboxylic acids is 2. The minimum atomic E-state index is -4.98. The summed E-state index contributed by atoms with van der Waals surface area (Å²) in [4.78, 5) is 24.0. The lowest BCUT2D eigenvalue weighted by Crippen LogP contribution is -2.17. The Bertz CT molecular complexity index is 1660. The number of hydrogen-bond donors (Lipinski definition) is 1. The number of fused-ring (bicyclic) bond motifs is 1. The zero-order valence-corrected chi connectivity index (χ0v) is 22.9. The van der Waals surface area contributed by atoms with Crippen molar-refractivity contribution in [2.24, 2.45) is 0 Å². The fraction of sp³-hybridized carbons (Fsp3) is 0.200. The van der Waals surface area contributed by atoms with E-state index >= 15 is 0 Å². The molecule has 0 bridgehead atoms. The molecule has 224 valence electrons. The van der Waals surface area contributed by atoms with Crippen molar-refractivity contribution in [1.82, 2.24) is 9.88 Å². The number of ether oxygens (including phenoxy) is 2. The Labute approximate surface area is 245 Å². The third-order valence-electron chi connectivity index (χ3n) is 6.43. The Morgan fingerprint density at radius 2 is 1.51 bits per heavy atom. The van der Waals surface area contributed by atoms with Crippen molar-refractivity contribution in [1.29, 1.82) is 0 Å². The number of amides is 2. The first-order valence-electron chi connectivity index (χ1n) is 12.8. The van der Waals surface area contributed by atoms with E-state index in [2.05, 4.69) is 5.32 Å². The number of hydrogen-bond acceptors (Lipinski definition) is 5. The van der Waals surface area contributed by atoms with Gasteiger partial charge in [-0.15, -0.1) is 0 Å². The molecule has 0 saturated carbocycles. The van der Waals surface area contributed by atoms with Gasteiger partial charge in [-0.05, 0) is 72.3 Å². The molecular formula is C30H22F6N2O4S. The lowest BCUT2D eigenvalue weighted by molar-refractivity contribution is -0.143. The van der Waals surface area contributed by atoms with Gasteiger partial charge in [0.15, 0.2) is 0 Å². The summed E-state index contributed by atoms with van der Waals surface area (Å²) in [7, 11) is 0. The minimum Gasteiger partial charge on any atom is -0.493 e. The fourth-order valence-electron chi connectivity index (χ4n) is 4.45. The number of rotatable bonds is 9. The Morgan fingerprint density at radius 3 is 2.14 bits per heavy atom. The third kappa shape index (κ3) is 7.34. The van der Waals surface area contributed by atoms with Gasteiger partial charge in [-0.2, -0.15) is 26.3 Å². The van der Waals surface area contributed by atoms with Gasteiger partial charge in [0.1, 0.15) is 18.1 Å². The van der Waals surface area contributed by atoms with Crippen molar-refractivity contribution in [3.8, 4) is 11.5 Å². The first kappa shape index (κ1) is 30.1. The van der Waals surface area contributed by atoms with Gasteiger partial charge in [0.25, 0.3) is 11.1 Å². The molecule has 1 fully saturated rings. The Morgan fingerprint density at radius 1 is 0.814 bits per heavy atom. The number of benzene rings is 3. The number of imide groups is 1. The lowest BCUT2D eigenvalue weighted by Gasteiger charge is -2.15. The van der Waals surface area contributed by atoms with E-state index in [1.54, 1.807) is 24.3 Å². The molecule has 13 heteroatoms. The molecule has 0 atom stereocenters. The van der Waals surface area contributed by atoms with Crippen LogP contribution in [0.15, 0.2) is 77.7 Å². The number of carbonyl (C=O) groups is 2. The third-order valence-corrected chi connectivity index (χ3v) is 7.24. The monoisotopic (exact) mass is 620 g/mol. The number of thioether (sulfide) groups is 1. The van der Waals surface area contributed by atoms with Crippen LogP contribution in [0, 0.1) is 0 Å². The topological polar surface area (TPSA) is 69.6 Å². The highest BCUT2D eigenvalue weighted by Crippen LogP contribution is 2.38. The molecule has 0 spiro atoms. The van der Waals surface area contributed by atoms with Gasteiger partial charge in [0.05, 0.1) is 22.6 Å². The van der Waals surface area contributed by atoms with Crippen LogP contribution in [0.2, 0.25) is 0 Å². The predicted octanol–water partition coefficient (Wildman–Crippen LogP) is 8.05. The highest BCUT2D eigenvalue weighted by Gasteiger charge is 2.37. The summed E-state index contributed by atoms with van der Waals surface area (Å²) in [6, 6.07) is 17.8. The summed E-state index contributed by atoms with van der Waals surface area (Å²) in [5.41, 5.74) is -0.666. The molecule has 6 nitrogen and oxygen atoms in total. The molecule has 0 unspecified atom stereocenters. The maximum absolute atomic E-state index is 13.2. The van der Waals surface area contributed by atoms with Crippen LogP contribution in [-0.4, -0.2) is 22.3 Å². The van der Waals surface area contributed by atoms with Crippen LogP contribution in [0.5, 0.6) is 11.5 Å². The van der Waals surface area contributed by atoms with Crippen LogP contribution in [0.3, 0.4) is 0 Å².